The third-order valence-electron chi connectivity index (χ3n) is 3.28. The Bertz CT molecular complexity index is 481. The highest BCUT2D eigenvalue weighted by Crippen LogP contribution is 2.21. The van der Waals surface area contributed by atoms with Crippen LogP contribution in [0.1, 0.15) is 36.8 Å². The topological polar surface area (TPSA) is 18.5 Å². The van der Waals surface area contributed by atoms with Gasteiger partial charge in [0.25, 0.3) is 0 Å². The van der Waals surface area contributed by atoms with E-state index in [2.05, 4.69) is 24.8 Å². The summed E-state index contributed by atoms with van der Waals surface area (Å²) >= 11 is 5.65. The quantitative estimate of drug-likeness (QED) is 0.618. The van der Waals surface area contributed by atoms with E-state index in [1.54, 1.807) is 0 Å². The molecule has 1 unspecified atom stereocenters. The average Bonchev–Trinajstić information content (AvgIpc) is 2.48. The van der Waals surface area contributed by atoms with Crippen LogP contribution in [0.3, 0.4) is 0 Å². The molecule has 1 aromatic rings. The summed E-state index contributed by atoms with van der Waals surface area (Å²) in [4.78, 5) is 0. The van der Waals surface area contributed by atoms with Gasteiger partial charge in [0, 0.05) is 18.9 Å². The monoisotopic (exact) mass is 292 g/mol. The summed E-state index contributed by atoms with van der Waals surface area (Å²) in [7, 11) is 0. The maximum Gasteiger partial charge on any atom is 0.135 e. The first-order valence-electron chi connectivity index (χ1n) is 7.19. The van der Waals surface area contributed by atoms with Crippen LogP contribution in [0.25, 0.3) is 0 Å². The molecule has 1 fully saturated rings. The van der Waals surface area contributed by atoms with Crippen LogP contribution in [-0.2, 0) is 4.74 Å². The number of alkyl halides is 1. The molecule has 1 saturated heterocycles. The first-order chi connectivity index (χ1) is 9.79. The summed E-state index contributed by atoms with van der Waals surface area (Å²) in [5.41, 5.74) is 2.12. The standard InChI is InChI=1S/C17H21ClO2/c1-14-8-9-17(15(12-14)6-2-4-10-18)20-13-16-7-3-5-11-19-16/h8-9,12,16H,3-5,7,10-11,13H2,1H3. The third kappa shape index (κ3) is 4.74. The molecule has 0 spiro atoms. The van der Waals surface area contributed by atoms with Gasteiger partial charge in [0.1, 0.15) is 12.4 Å². The summed E-state index contributed by atoms with van der Waals surface area (Å²) < 4.78 is 11.6. The van der Waals surface area contributed by atoms with Crippen LogP contribution in [-0.4, -0.2) is 25.2 Å². The molecular formula is C17H21ClO2. The minimum Gasteiger partial charge on any atom is -0.490 e. The zero-order valence-electron chi connectivity index (χ0n) is 12.0. The van der Waals surface area contributed by atoms with Gasteiger partial charge in [-0.25, -0.2) is 0 Å². The Labute approximate surface area is 126 Å². The summed E-state index contributed by atoms with van der Waals surface area (Å²) in [6.45, 7) is 3.51. The van der Waals surface area contributed by atoms with Crippen molar-refractivity contribution in [3.05, 3.63) is 29.3 Å². The number of halogens is 1. The molecule has 0 aromatic heterocycles. The molecule has 20 heavy (non-hydrogen) atoms. The number of aryl methyl sites for hydroxylation is 1. The predicted octanol–water partition coefficient (Wildman–Crippen LogP) is 3.92. The summed E-state index contributed by atoms with van der Waals surface area (Å²) in [6.07, 6.45) is 4.38. The van der Waals surface area contributed by atoms with Gasteiger partial charge in [0.15, 0.2) is 0 Å². The molecule has 1 aliphatic rings. The number of rotatable bonds is 4. The molecule has 0 N–H and O–H groups in total. The van der Waals surface area contributed by atoms with Gasteiger partial charge >= 0.3 is 0 Å². The molecule has 2 rings (SSSR count). The lowest BCUT2D eigenvalue weighted by molar-refractivity contribution is -0.0111. The molecule has 1 aliphatic heterocycles. The predicted molar refractivity (Wildman–Crippen MR) is 82.5 cm³/mol. The lowest BCUT2D eigenvalue weighted by atomic mass is 10.1. The number of hydrogen-bond donors (Lipinski definition) is 0. The van der Waals surface area contributed by atoms with Gasteiger partial charge in [-0.3, -0.25) is 0 Å². The second-order valence-electron chi connectivity index (χ2n) is 5.04. The molecule has 1 aromatic carbocycles. The molecule has 0 radical (unpaired) electrons. The van der Waals surface area contributed by atoms with Crippen molar-refractivity contribution in [2.45, 2.75) is 38.7 Å². The number of benzene rings is 1. The third-order valence-corrected chi connectivity index (χ3v) is 3.47. The van der Waals surface area contributed by atoms with Gasteiger partial charge in [-0.05, 0) is 43.9 Å². The fourth-order valence-electron chi connectivity index (χ4n) is 2.19. The smallest absolute Gasteiger partial charge is 0.135 e. The zero-order chi connectivity index (χ0) is 14.2. The average molecular weight is 293 g/mol. The molecule has 0 amide bonds. The molecule has 1 heterocycles. The van der Waals surface area contributed by atoms with Crippen LogP contribution in [0, 0.1) is 18.8 Å². The van der Waals surface area contributed by atoms with Crippen LogP contribution in [0.5, 0.6) is 5.75 Å². The highest BCUT2D eigenvalue weighted by atomic mass is 35.5. The maximum atomic E-state index is 5.90. The molecular weight excluding hydrogens is 272 g/mol. The second-order valence-corrected chi connectivity index (χ2v) is 5.42. The highest BCUT2D eigenvalue weighted by molar-refractivity contribution is 6.18. The normalized spacial score (nSPS) is 18.2. The Kier molecular flexibility index (Phi) is 6.24. The van der Waals surface area contributed by atoms with E-state index in [1.807, 2.05) is 12.1 Å². The minimum atomic E-state index is 0.216. The van der Waals surface area contributed by atoms with Crippen LogP contribution < -0.4 is 4.74 Å². The largest absolute Gasteiger partial charge is 0.490 e. The van der Waals surface area contributed by atoms with E-state index in [4.69, 9.17) is 21.1 Å². The van der Waals surface area contributed by atoms with Crippen molar-refractivity contribution in [2.75, 3.05) is 19.1 Å². The van der Waals surface area contributed by atoms with E-state index in [1.165, 1.54) is 12.0 Å². The first-order valence-corrected chi connectivity index (χ1v) is 7.73. The van der Waals surface area contributed by atoms with E-state index in [-0.39, 0.29) is 6.10 Å². The van der Waals surface area contributed by atoms with Gasteiger partial charge < -0.3 is 9.47 Å². The fourth-order valence-corrected chi connectivity index (χ4v) is 2.29. The molecule has 0 saturated carbocycles. The Hall–Kier alpha value is -1.17. The fraction of sp³-hybridized carbons (Fsp3) is 0.529. The van der Waals surface area contributed by atoms with E-state index in [0.717, 1.165) is 30.8 Å². The van der Waals surface area contributed by atoms with Crippen molar-refractivity contribution in [3.63, 3.8) is 0 Å². The maximum absolute atomic E-state index is 5.90. The molecule has 0 aliphatic carbocycles. The first kappa shape index (κ1) is 15.2. The Morgan fingerprint density at radius 1 is 1.40 bits per heavy atom. The Balaban J connectivity index is 2.00. The van der Waals surface area contributed by atoms with Gasteiger partial charge in [-0.2, -0.15) is 0 Å². The van der Waals surface area contributed by atoms with Crippen molar-refractivity contribution < 1.29 is 9.47 Å². The molecule has 2 nitrogen and oxygen atoms in total. The number of hydrogen-bond acceptors (Lipinski definition) is 2. The Morgan fingerprint density at radius 2 is 2.30 bits per heavy atom. The van der Waals surface area contributed by atoms with Crippen LogP contribution in [0.2, 0.25) is 0 Å². The van der Waals surface area contributed by atoms with E-state index >= 15 is 0 Å². The van der Waals surface area contributed by atoms with Crippen LogP contribution in [0.15, 0.2) is 18.2 Å². The molecule has 0 bridgehead atoms. The van der Waals surface area contributed by atoms with Crippen LogP contribution in [0.4, 0.5) is 0 Å². The van der Waals surface area contributed by atoms with Crippen LogP contribution >= 0.6 is 11.6 Å². The van der Waals surface area contributed by atoms with Gasteiger partial charge in [-0.15, -0.1) is 11.6 Å². The van der Waals surface area contributed by atoms with E-state index < -0.39 is 0 Å². The number of ether oxygens (including phenoxy) is 2. The molecule has 1 atom stereocenters. The van der Waals surface area contributed by atoms with Gasteiger partial charge in [-0.1, -0.05) is 17.9 Å². The SMILES string of the molecule is Cc1ccc(OCC2CCCCO2)c(C#CCCCl)c1. The van der Waals surface area contributed by atoms with Crippen molar-refractivity contribution >= 4 is 11.6 Å². The Morgan fingerprint density at radius 3 is 3.05 bits per heavy atom. The lowest BCUT2D eigenvalue weighted by Gasteiger charge is -2.23. The van der Waals surface area contributed by atoms with Crippen molar-refractivity contribution in [1.29, 1.82) is 0 Å². The molecule has 108 valence electrons. The second kappa shape index (κ2) is 8.19. The summed E-state index contributed by atoms with van der Waals surface area (Å²) in [6, 6.07) is 6.09. The zero-order valence-corrected chi connectivity index (χ0v) is 12.7. The van der Waals surface area contributed by atoms with E-state index in [0.29, 0.717) is 18.9 Å². The van der Waals surface area contributed by atoms with E-state index in [9.17, 15) is 0 Å². The summed E-state index contributed by atoms with van der Waals surface area (Å²) in [5, 5.41) is 0. The minimum absolute atomic E-state index is 0.216. The van der Waals surface area contributed by atoms with Gasteiger partial charge in [0.05, 0.1) is 11.7 Å². The summed E-state index contributed by atoms with van der Waals surface area (Å²) in [5.74, 6) is 7.61. The van der Waals surface area contributed by atoms with Crippen molar-refractivity contribution in [2.24, 2.45) is 0 Å². The molecule has 3 heteroatoms. The lowest BCUT2D eigenvalue weighted by Crippen LogP contribution is -2.25. The highest BCUT2D eigenvalue weighted by Gasteiger charge is 2.15. The van der Waals surface area contributed by atoms with Crippen molar-refractivity contribution in [1.82, 2.24) is 0 Å². The van der Waals surface area contributed by atoms with Crippen molar-refractivity contribution in [3.8, 4) is 17.6 Å². The van der Waals surface area contributed by atoms with Gasteiger partial charge in [0.2, 0.25) is 0 Å².